The Balaban J connectivity index is 1.77. The second-order valence-electron chi connectivity index (χ2n) is 8.59. The van der Waals surface area contributed by atoms with Gasteiger partial charge in [-0.25, -0.2) is 0 Å². The summed E-state index contributed by atoms with van der Waals surface area (Å²) in [5.74, 6) is 0.675. The zero-order valence-electron chi connectivity index (χ0n) is 17.1. The Kier molecular flexibility index (Phi) is 3.99. The number of likely N-dealkylation sites (tertiary alicyclic amines) is 1. The number of benzene rings is 1. The molecule has 5 aliphatic rings. The van der Waals surface area contributed by atoms with Crippen LogP contribution in [0.5, 0.6) is 11.5 Å². The first-order valence-corrected chi connectivity index (χ1v) is 10.5. The zero-order chi connectivity index (χ0) is 20.4. The number of esters is 1. The molecule has 0 aromatic heterocycles. The summed E-state index contributed by atoms with van der Waals surface area (Å²) < 4.78 is 17.3. The van der Waals surface area contributed by atoms with Crippen molar-refractivity contribution >= 4 is 11.9 Å². The molecule has 0 radical (unpaired) electrons. The topological polar surface area (TPSA) is 65.1 Å². The first-order chi connectivity index (χ1) is 14.0. The number of nitrogens with zero attached hydrogens (tertiary/aromatic N) is 1. The van der Waals surface area contributed by atoms with Crippen LogP contribution in [0.4, 0.5) is 0 Å². The van der Waals surface area contributed by atoms with E-state index >= 15 is 0 Å². The van der Waals surface area contributed by atoms with Crippen LogP contribution >= 0.6 is 0 Å². The van der Waals surface area contributed by atoms with E-state index in [4.69, 9.17) is 14.2 Å². The van der Waals surface area contributed by atoms with Crippen molar-refractivity contribution in [3.8, 4) is 11.5 Å². The number of rotatable bonds is 4. The fourth-order valence-corrected chi connectivity index (χ4v) is 6.53. The molecule has 29 heavy (non-hydrogen) atoms. The van der Waals surface area contributed by atoms with E-state index in [-0.39, 0.29) is 23.9 Å². The van der Waals surface area contributed by atoms with E-state index in [2.05, 4.69) is 13.0 Å². The number of piperidine rings is 1. The van der Waals surface area contributed by atoms with E-state index in [1.54, 1.807) is 7.11 Å². The Bertz CT molecular complexity index is 911. The Labute approximate surface area is 170 Å². The fraction of sp³-hybridized carbons (Fsp3) is 0.565. The molecule has 154 valence electrons. The van der Waals surface area contributed by atoms with Crippen LogP contribution in [0.1, 0.15) is 31.7 Å². The van der Waals surface area contributed by atoms with Gasteiger partial charge < -0.3 is 19.1 Å². The molecule has 6 heteroatoms. The lowest BCUT2D eigenvalue weighted by Crippen LogP contribution is -2.73. The molecule has 6 rings (SSSR count). The summed E-state index contributed by atoms with van der Waals surface area (Å²) in [6.07, 6.45) is 6.15. The summed E-state index contributed by atoms with van der Waals surface area (Å²) in [6.45, 7) is 3.43. The molecule has 6 nitrogen and oxygen atoms in total. The van der Waals surface area contributed by atoms with Crippen molar-refractivity contribution in [3.05, 3.63) is 35.9 Å². The second kappa shape index (κ2) is 6.25. The summed E-state index contributed by atoms with van der Waals surface area (Å²) in [4.78, 5) is 28.9. The minimum atomic E-state index is -0.982. The van der Waals surface area contributed by atoms with E-state index in [1.165, 1.54) is 7.11 Å². The SMILES string of the molecule is CCCN1CCC23c4cccc(OC)c4OC2C2C=CC3(C1=O)C(C(=O)OC)C2. The number of carbonyl (C=O) groups excluding carboxylic acids is 2. The lowest BCUT2D eigenvalue weighted by Gasteiger charge is -2.62. The molecule has 2 bridgehead atoms. The quantitative estimate of drug-likeness (QED) is 0.577. The van der Waals surface area contributed by atoms with Crippen molar-refractivity contribution in [1.82, 2.24) is 4.90 Å². The van der Waals surface area contributed by atoms with Gasteiger partial charge in [-0.2, -0.15) is 0 Å². The van der Waals surface area contributed by atoms with Crippen molar-refractivity contribution in [2.75, 3.05) is 27.3 Å². The Morgan fingerprint density at radius 1 is 1.34 bits per heavy atom. The molecule has 3 aliphatic carbocycles. The molecule has 2 fully saturated rings. The lowest BCUT2D eigenvalue weighted by atomic mass is 9.41. The maximum atomic E-state index is 14.0. The number of methoxy groups -OCH3 is 2. The Morgan fingerprint density at radius 2 is 2.17 bits per heavy atom. The third kappa shape index (κ3) is 2.02. The first kappa shape index (κ1) is 18.5. The van der Waals surface area contributed by atoms with Gasteiger partial charge in [0.25, 0.3) is 0 Å². The average molecular weight is 397 g/mol. The highest BCUT2D eigenvalue weighted by atomic mass is 16.5. The number of carbonyl (C=O) groups is 2. The maximum absolute atomic E-state index is 14.0. The third-order valence-electron chi connectivity index (χ3n) is 7.60. The summed E-state index contributed by atoms with van der Waals surface area (Å²) in [5.41, 5.74) is -0.562. The van der Waals surface area contributed by atoms with Gasteiger partial charge in [-0.1, -0.05) is 31.2 Å². The largest absolute Gasteiger partial charge is 0.493 e. The first-order valence-electron chi connectivity index (χ1n) is 10.5. The van der Waals surface area contributed by atoms with Crippen molar-refractivity contribution in [3.63, 3.8) is 0 Å². The summed E-state index contributed by atoms with van der Waals surface area (Å²) in [7, 11) is 3.04. The van der Waals surface area contributed by atoms with Gasteiger partial charge in [0.15, 0.2) is 11.5 Å². The molecule has 5 unspecified atom stereocenters. The molecule has 1 amide bonds. The van der Waals surface area contributed by atoms with E-state index in [0.29, 0.717) is 25.3 Å². The molecule has 1 aromatic rings. The van der Waals surface area contributed by atoms with Crippen LogP contribution in [-0.4, -0.2) is 50.2 Å². The molecule has 2 spiro atoms. The highest BCUT2D eigenvalue weighted by Gasteiger charge is 2.76. The van der Waals surface area contributed by atoms with Gasteiger partial charge >= 0.3 is 5.97 Å². The Hall–Kier alpha value is -2.50. The van der Waals surface area contributed by atoms with E-state index in [9.17, 15) is 9.59 Å². The monoisotopic (exact) mass is 397 g/mol. The van der Waals surface area contributed by atoms with Gasteiger partial charge in [-0.05, 0) is 25.3 Å². The van der Waals surface area contributed by atoms with E-state index in [0.717, 1.165) is 24.2 Å². The molecule has 2 heterocycles. The second-order valence-corrected chi connectivity index (χ2v) is 8.59. The predicted molar refractivity (Wildman–Crippen MR) is 106 cm³/mol. The van der Waals surface area contributed by atoms with E-state index in [1.807, 2.05) is 29.2 Å². The maximum Gasteiger partial charge on any atom is 0.310 e. The molecule has 0 N–H and O–H groups in total. The van der Waals surface area contributed by atoms with Gasteiger partial charge in [0.2, 0.25) is 5.91 Å². The molecular weight excluding hydrogens is 370 g/mol. The van der Waals surface area contributed by atoms with Crippen LogP contribution in [0.25, 0.3) is 0 Å². The van der Waals surface area contributed by atoms with Gasteiger partial charge in [0, 0.05) is 24.6 Å². The van der Waals surface area contributed by atoms with Crippen LogP contribution in [0.3, 0.4) is 0 Å². The number of hydrogen-bond acceptors (Lipinski definition) is 5. The molecule has 1 aromatic carbocycles. The van der Waals surface area contributed by atoms with Gasteiger partial charge in [-0.15, -0.1) is 0 Å². The summed E-state index contributed by atoms with van der Waals surface area (Å²) >= 11 is 0. The number of amides is 1. The smallest absolute Gasteiger partial charge is 0.310 e. The number of ether oxygens (including phenoxy) is 3. The van der Waals surface area contributed by atoms with Gasteiger partial charge in [-0.3, -0.25) is 9.59 Å². The Morgan fingerprint density at radius 3 is 2.90 bits per heavy atom. The van der Waals surface area contributed by atoms with Crippen molar-refractivity contribution in [2.24, 2.45) is 17.3 Å². The lowest BCUT2D eigenvalue weighted by molar-refractivity contribution is -0.182. The summed E-state index contributed by atoms with van der Waals surface area (Å²) in [6, 6.07) is 5.89. The van der Waals surface area contributed by atoms with Crippen LogP contribution < -0.4 is 9.47 Å². The minimum Gasteiger partial charge on any atom is -0.493 e. The van der Waals surface area contributed by atoms with Gasteiger partial charge in [0.05, 0.1) is 31.0 Å². The van der Waals surface area contributed by atoms with Crippen LogP contribution in [-0.2, 0) is 19.7 Å². The normalized spacial score (nSPS) is 36.2. The highest BCUT2D eigenvalue weighted by molar-refractivity contribution is 5.95. The van der Waals surface area contributed by atoms with Crippen molar-refractivity contribution in [1.29, 1.82) is 0 Å². The zero-order valence-corrected chi connectivity index (χ0v) is 17.1. The summed E-state index contributed by atoms with van der Waals surface area (Å²) in [5, 5.41) is 0. The van der Waals surface area contributed by atoms with Crippen LogP contribution in [0, 0.1) is 17.3 Å². The number of fused-ring (bicyclic) bond motifs is 2. The van der Waals surface area contributed by atoms with Crippen molar-refractivity contribution < 1.29 is 23.8 Å². The van der Waals surface area contributed by atoms with Gasteiger partial charge in [0.1, 0.15) is 6.10 Å². The average Bonchev–Trinajstić information content (AvgIpc) is 3.12. The molecule has 2 aliphatic heterocycles. The predicted octanol–water partition coefficient (Wildman–Crippen LogP) is 2.70. The van der Waals surface area contributed by atoms with Crippen molar-refractivity contribution in [2.45, 2.75) is 37.7 Å². The number of para-hydroxylation sites is 1. The number of hydrogen-bond donors (Lipinski definition) is 0. The molecule has 1 saturated carbocycles. The third-order valence-corrected chi connectivity index (χ3v) is 7.60. The van der Waals surface area contributed by atoms with E-state index < -0.39 is 16.7 Å². The minimum absolute atomic E-state index is 0.0275. The molecular formula is C23H27NO5. The fourth-order valence-electron chi connectivity index (χ4n) is 6.53. The molecule has 1 saturated heterocycles. The van der Waals surface area contributed by atoms with Crippen LogP contribution in [0.2, 0.25) is 0 Å². The highest BCUT2D eigenvalue weighted by Crippen LogP contribution is 2.70. The van der Waals surface area contributed by atoms with Crippen LogP contribution in [0.15, 0.2) is 30.4 Å². The molecule has 5 atom stereocenters. The standard InChI is InChI=1S/C23H27NO5/c1-4-11-24-12-10-22-15-6-5-7-17(27-2)18(15)29-19(22)14-8-9-23(22,21(24)26)16(13-14)20(25)28-3/h5-9,14,16,19H,4,10-13H2,1-3H3.